The highest BCUT2D eigenvalue weighted by atomic mass is 32.2. The molecule has 2 heterocycles. The fraction of sp³-hybridized carbons (Fsp3) is 0.471. The number of oxazole rings is 1. The number of methoxy groups -OCH3 is 1. The Balaban J connectivity index is 1.67. The number of phenolic OH excluding ortho intramolecular Hbond substituents is 1. The van der Waals surface area contributed by atoms with E-state index in [0.29, 0.717) is 36.0 Å². The molecule has 0 radical (unpaired) electrons. The normalized spacial score (nSPS) is 17.8. The van der Waals surface area contributed by atoms with Crippen LogP contribution in [0, 0.1) is 6.92 Å². The molecule has 0 aliphatic carbocycles. The monoisotopic (exact) mass is 398 g/mol. The van der Waals surface area contributed by atoms with Crippen LogP contribution in [-0.2, 0) is 26.0 Å². The highest BCUT2D eigenvalue weighted by molar-refractivity contribution is 7.89. The molecule has 148 valence electrons. The first-order valence-electron chi connectivity index (χ1n) is 8.38. The summed E-state index contributed by atoms with van der Waals surface area (Å²) in [5, 5.41) is 9.89. The van der Waals surface area contributed by atoms with Crippen LogP contribution >= 0.6 is 0 Å². The largest absolute Gasteiger partial charge is 0.504 e. The molecule has 1 aliphatic heterocycles. The van der Waals surface area contributed by atoms with Gasteiger partial charge in [0.25, 0.3) is 0 Å². The number of aromatic hydroxyl groups is 1. The summed E-state index contributed by atoms with van der Waals surface area (Å²) in [4.78, 5) is 4.33. The van der Waals surface area contributed by atoms with E-state index in [9.17, 15) is 13.5 Å². The molecule has 1 saturated heterocycles. The van der Waals surface area contributed by atoms with Gasteiger partial charge in [0.15, 0.2) is 11.5 Å². The van der Waals surface area contributed by atoms with Gasteiger partial charge in [-0.1, -0.05) is 0 Å². The number of phenols is 1. The van der Waals surface area contributed by atoms with E-state index in [-0.39, 0.29) is 30.5 Å². The fourth-order valence-corrected chi connectivity index (χ4v) is 3.81. The molecule has 1 aliphatic rings. The lowest BCUT2D eigenvalue weighted by Crippen LogP contribution is -2.38. The zero-order valence-electron chi connectivity index (χ0n) is 15.1. The molecule has 1 unspecified atom stereocenters. The fourth-order valence-electron chi connectivity index (χ4n) is 2.65. The van der Waals surface area contributed by atoms with Crippen molar-refractivity contribution in [3.63, 3.8) is 0 Å². The van der Waals surface area contributed by atoms with Gasteiger partial charge >= 0.3 is 0 Å². The van der Waals surface area contributed by atoms with Gasteiger partial charge in [0.05, 0.1) is 51.0 Å². The van der Waals surface area contributed by atoms with Crippen LogP contribution in [0.25, 0.3) is 11.5 Å². The van der Waals surface area contributed by atoms with Crippen molar-refractivity contribution in [1.82, 2.24) is 9.71 Å². The summed E-state index contributed by atoms with van der Waals surface area (Å²) in [6, 6.07) is 4.76. The summed E-state index contributed by atoms with van der Waals surface area (Å²) in [6.07, 6.45) is -0.479. The summed E-state index contributed by atoms with van der Waals surface area (Å²) >= 11 is 0. The van der Waals surface area contributed by atoms with Crippen molar-refractivity contribution in [3.05, 3.63) is 29.7 Å². The minimum atomic E-state index is -3.56. The summed E-state index contributed by atoms with van der Waals surface area (Å²) in [7, 11) is -2.10. The van der Waals surface area contributed by atoms with Crippen LogP contribution in [0.1, 0.15) is 11.5 Å². The van der Waals surface area contributed by atoms with Crippen LogP contribution in [0.15, 0.2) is 22.6 Å². The van der Waals surface area contributed by atoms with Crippen molar-refractivity contribution in [2.45, 2.75) is 19.6 Å². The molecule has 1 aromatic carbocycles. The second-order valence-electron chi connectivity index (χ2n) is 6.08. The number of nitrogens with one attached hydrogen (secondary N) is 1. The van der Waals surface area contributed by atoms with Gasteiger partial charge in [-0.25, -0.2) is 18.1 Å². The predicted molar refractivity (Wildman–Crippen MR) is 96.1 cm³/mol. The summed E-state index contributed by atoms with van der Waals surface area (Å²) in [6.45, 7) is 2.82. The Bertz CT molecular complexity index is 889. The smallest absolute Gasteiger partial charge is 0.226 e. The van der Waals surface area contributed by atoms with E-state index in [2.05, 4.69) is 9.71 Å². The van der Waals surface area contributed by atoms with E-state index in [1.54, 1.807) is 19.1 Å². The number of hydrogen-bond acceptors (Lipinski definition) is 8. The van der Waals surface area contributed by atoms with E-state index < -0.39 is 16.1 Å². The van der Waals surface area contributed by atoms with Crippen molar-refractivity contribution in [2.75, 3.05) is 32.7 Å². The topological polar surface area (TPSA) is 120 Å². The Labute approximate surface area is 157 Å². The maximum atomic E-state index is 12.2. The van der Waals surface area contributed by atoms with E-state index >= 15 is 0 Å². The van der Waals surface area contributed by atoms with Crippen molar-refractivity contribution < 1.29 is 32.2 Å². The highest BCUT2D eigenvalue weighted by Gasteiger charge is 2.23. The first-order valence-corrected chi connectivity index (χ1v) is 10.0. The zero-order valence-corrected chi connectivity index (χ0v) is 15.9. The molecule has 2 N–H and O–H groups in total. The molecular weight excluding hydrogens is 376 g/mol. The minimum absolute atomic E-state index is 0.00657. The lowest BCUT2D eigenvalue weighted by atomic mass is 10.2. The SMILES string of the molecule is COc1ccc(-c2nc(CNS(=O)(=O)CC3COCCO3)c(C)o2)cc1O. The van der Waals surface area contributed by atoms with Crippen LogP contribution < -0.4 is 9.46 Å². The van der Waals surface area contributed by atoms with Gasteiger partial charge in [-0.05, 0) is 25.1 Å². The van der Waals surface area contributed by atoms with Crippen molar-refractivity contribution >= 4 is 10.0 Å². The molecule has 0 bridgehead atoms. The molecule has 0 amide bonds. The van der Waals surface area contributed by atoms with E-state index in [1.165, 1.54) is 13.2 Å². The number of rotatable bonds is 7. The quantitative estimate of drug-likeness (QED) is 0.714. The third kappa shape index (κ3) is 4.98. The number of ether oxygens (including phenoxy) is 3. The molecule has 0 spiro atoms. The second kappa shape index (κ2) is 8.26. The molecule has 1 fully saturated rings. The van der Waals surface area contributed by atoms with Crippen molar-refractivity contribution in [3.8, 4) is 23.0 Å². The lowest BCUT2D eigenvalue weighted by Gasteiger charge is -2.22. The van der Waals surface area contributed by atoms with E-state index in [1.807, 2.05) is 0 Å². The van der Waals surface area contributed by atoms with Gasteiger partial charge in [-0.2, -0.15) is 0 Å². The minimum Gasteiger partial charge on any atom is -0.504 e. The third-order valence-electron chi connectivity index (χ3n) is 4.07. The molecule has 2 aromatic rings. The Hall–Kier alpha value is -2.14. The average molecular weight is 398 g/mol. The molecule has 10 heteroatoms. The van der Waals surface area contributed by atoms with Gasteiger partial charge in [0.1, 0.15) is 5.76 Å². The van der Waals surface area contributed by atoms with Crippen molar-refractivity contribution in [2.24, 2.45) is 0 Å². The highest BCUT2D eigenvalue weighted by Crippen LogP contribution is 2.31. The molecule has 1 atom stereocenters. The Morgan fingerprint density at radius 3 is 2.85 bits per heavy atom. The first kappa shape index (κ1) is 19.6. The van der Waals surface area contributed by atoms with Crippen LogP contribution in [0.5, 0.6) is 11.5 Å². The van der Waals surface area contributed by atoms with Gasteiger partial charge in [-0.3, -0.25) is 0 Å². The molecule has 9 nitrogen and oxygen atoms in total. The predicted octanol–water partition coefficient (Wildman–Crippen LogP) is 1.20. The number of sulfonamides is 1. The number of aromatic nitrogens is 1. The molecule has 1 aromatic heterocycles. The average Bonchev–Trinajstić information content (AvgIpc) is 3.01. The van der Waals surface area contributed by atoms with Crippen LogP contribution in [-0.4, -0.2) is 57.3 Å². The standard InChI is InChI=1S/C17H22N2O7S/c1-11-14(8-18-27(21,22)10-13-9-24-5-6-25-13)19-17(26-11)12-3-4-16(23-2)15(20)7-12/h3-4,7,13,18,20H,5-6,8-10H2,1-2H3. The third-order valence-corrected chi connectivity index (χ3v) is 5.46. The number of hydrogen-bond donors (Lipinski definition) is 2. The zero-order chi connectivity index (χ0) is 19.4. The van der Waals surface area contributed by atoms with Crippen LogP contribution in [0.3, 0.4) is 0 Å². The van der Waals surface area contributed by atoms with E-state index in [0.717, 1.165) is 0 Å². The number of nitrogens with zero attached hydrogens (tertiary/aromatic N) is 1. The molecule has 3 rings (SSSR count). The van der Waals surface area contributed by atoms with Crippen LogP contribution in [0.4, 0.5) is 0 Å². The molecule has 27 heavy (non-hydrogen) atoms. The summed E-state index contributed by atoms with van der Waals surface area (Å²) < 4.78 is 48.1. The van der Waals surface area contributed by atoms with Gasteiger partial charge < -0.3 is 23.7 Å². The second-order valence-corrected chi connectivity index (χ2v) is 7.93. The Kier molecular flexibility index (Phi) is 6.00. The maximum Gasteiger partial charge on any atom is 0.226 e. The van der Waals surface area contributed by atoms with Crippen molar-refractivity contribution in [1.29, 1.82) is 0 Å². The van der Waals surface area contributed by atoms with Gasteiger partial charge in [0, 0.05) is 5.56 Å². The first-order chi connectivity index (χ1) is 12.9. The van der Waals surface area contributed by atoms with Gasteiger partial charge in [-0.15, -0.1) is 0 Å². The van der Waals surface area contributed by atoms with Crippen LogP contribution in [0.2, 0.25) is 0 Å². The lowest BCUT2D eigenvalue weighted by molar-refractivity contribution is -0.0783. The summed E-state index contributed by atoms with van der Waals surface area (Å²) in [5.74, 6) is 0.888. The Morgan fingerprint density at radius 2 is 2.19 bits per heavy atom. The molecular formula is C17H22N2O7S. The van der Waals surface area contributed by atoms with Gasteiger partial charge in [0.2, 0.25) is 15.9 Å². The summed E-state index contributed by atoms with van der Waals surface area (Å²) in [5.41, 5.74) is 1.02. The number of aryl methyl sites for hydroxylation is 1. The maximum absolute atomic E-state index is 12.2. The van der Waals surface area contributed by atoms with E-state index in [4.69, 9.17) is 18.6 Å². The Morgan fingerprint density at radius 1 is 1.37 bits per heavy atom. The molecule has 0 saturated carbocycles. The number of benzene rings is 1.